The molecular weight excluding hydrogens is 411 g/mol. The molecule has 0 unspecified atom stereocenters. The molecule has 0 saturated heterocycles. The number of hydrogen-bond donors (Lipinski definition) is 1. The Hall–Kier alpha value is -2.52. The first-order chi connectivity index (χ1) is 12.7. The summed E-state index contributed by atoms with van der Waals surface area (Å²) in [5.41, 5.74) is -1.61. The van der Waals surface area contributed by atoms with Gasteiger partial charge >= 0.3 is 6.18 Å². The van der Waals surface area contributed by atoms with Crippen LogP contribution in [0.1, 0.15) is 15.9 Å². The lowest BCUT2D eigenvalue weighted by atomic mass is 10.1. The smallest absolute Gasteiger partial charge is 0.298 e. The van der Waals surface area contributed by atoms with Crippen LogP contribution in [0.25, 0.3) is 10.4 Å². The summed E-state index contributed by atoms with van der Waals surface area (Å²) in [6, 6.07) is 5.76. The zero-order chi connectivity index (χ0) is 19.8. The van der Waals surface area contributed by atoms with E-state index in [4.69, 9.17) is 11.6 Å². The molecule has 0 radical (unpaired) electrons. The summed E-state index contributed by atoms with van der Waals surface area (Å²) in [4.78, 5) is 16.2. The lowest BCUT2D eigenvalue weighted by Crippen LogP contribution is -2.15. The highest BCUT2D eigenvalue weighted by molar-refractivity contribution is 7.19. The van der Waals surface area contributed by atoms with E-state index in [0.717, 1.165) is 47.7 Å². The monoisotopic (exact) mass is 418 g/mol. The quantitative estimate of drug-likeness (QED) is 0.529. The van der Waals surface area contributed by atoms with Crippen molar-refractivity contribution < 1.29 is 26.7 Å². The van der Waals surface area contributed by atoms with E-state index in [-0.39, 0.29) is 20.6 Å². The first kappa shape index (κ1) is 19.2. The van der Waals surface area contributed by atoms with Crippen molar-refractivity contribution in [3.8, 4) is 10.4 Å². The molecule has 2 aromatic carbocycles. The molecule has 140 valence electrons. The van der Waals surface area contributed by atoms with Gasteiger partial charge in [0, 0.05) is 16.8 Å². The predicted octanol–water partition coefficient (Wildman–Crippen LogP) is 6.01. The van der Waals surface area contributed by atoms with E-state index in [1.165, 1.54) is 6.20 Å². The molecule has 3 nitrogen and oxygen atoms in total. The molecule has 10 heteroatoms. The third-order valence-corrected chi connectivity index (χ3v) is 4.75. The van der Waals surface area contributed by atoms with Gasteiger partial charge < -0.3 is 0 Å². The van der Waals surface area contributed by atoms with Gasteiger partial charge in [-0.15, -0.1) is 0 Å². The molecule has 3 aromatic rings. The van der Waals surface area contributed by atoms with Gasteiger partial charge in [0.1, 0.15) is 17.2 Å². The first-order valence-corrected chi connectivity index (χ1v) is 8.44. The van der Waals surface area contributed by atoms with Gasteiger partial charge in [-0.1, -0.05) is 29.0 Å². The van der Waals surface area contributed by atoms with Crippen LogP contribution >= 0.6 is 22.9 Å². The predicted molar refractivity (Wildman–Crippen MR) is 91.9 cm³/mol. The molecule has 27 heavy (non-hydrogen) atoms. The molecule has 0 bridgehead atoms. The largest absolute Gasteiger partial charge is 0.416 e. The number of amides is 1. The number of anilines is 1. The van der Waals surface area contributed by atoms with Crippen LogP contribution in [-0.2, 0) is 6.18 Å². The van der Waals surface area contributed by atoms with E-state index in [9.17, 15) is 26.7 Å². The summed E-state index contributed by atoms with van der Waals surface area (Å²) in [5.74, 6) is -3.17. The third-order valence-electron chi connectivity index (χ3n) is 3.48. The fourth-order valence-corrected chi connectivity index (χ4v) is 3.34. The molecule has 0 atom stereocenters. The van der Waals surface area contributed by atoms with Gasteiger partial charge in [0.2, 0.25) is 0 Å². The van der Waals surface area contributed by atoms with Crippen LogP contribution in [0, 0.1) is 11.6 Å². The van der Waals surface area contributed by atoms with Crippen molar-refractivity contribution in [3.05, 3.63) is 70.4 Å². The Morgan fingerprint density at radius 2 is 1.78 bits per heavy atom. The number of rotatable bonds is 3. The van der Waals surface area contributed by atoms with Crippen molar-refractivity contribution in [3.63, 3.8) is 0 Å². The van der Waals surface area contributed by atoms with Crippen LogP contribution in [0.3, 0.4) is 0 Å². The zero-order valence-electron chi connectivity index (χ0n) is 13.1. The highest BCUT2D eigenvalue weighted by atomic mass is 35.5. The standard InChI is InChI=1S/C17H8ClF5N2OS/c18-10-5-4-8(17(21,22)23)6-9(10)13-7-24-16(27-13)25-15(26)14-11(19)2-1-3-12(14)20/h1-7H,(H,24,25,26). The van der Waals surface area contributed by atoms with Crippen molar-refractivity contribution in [2.24, 2.45) is 0 Å². The molecule has 3 rings (SSSR count). The van der Waals surface area contributed by atoms with Crippen molar-refractivity contribution >= 4 is 34.0 Å². The molecule has 0 aliphatic rings. The highest BCUT2D eigenvalue weighted by Crippen LogP contribution is 2.38. The summed E-state index contributed by atoms with van der Waals surface area (Å²) in [6.07, 6.45) is -3.34. The average molecular weight is 419 g/mol. The van der Waals surface area contributed by atoms with Crippen molar-refractivity contribution in [1.29, 1.82) is 0 Å². The molecule has 0 spiro atoms. The maximum absolute atomic E-state index is 13.6. The number of nitrogens with zero attached hydrogens (tertiary/aromatic N) is 1. The fraction of sp³-hybridized carbons (Fsp3) is 0.0588. The van der Waals surface area contributed by atoms with Gasteiger partial charge in [-0.2, -0.15) is 13.2 Å². The van der Waals surface area contributed by atoms with Crippen LogP contribution in [0.15, 0.2) is 42.6 Å². The van der Waals surface area contributed by atoms with Crippen molar-refractivity contribution in [2.45, 2.75) is 6.18 Å². The van der Waals surface area contributed by atoms with E-state index in [1.54, 1.807) is 0 Å². The normalized spacial score (nSPS) is 11.5. The summed E-state index contributed by atoms with van der Waals surface area (Å²) in [6.45, 7) is 0. The second-order valence-electron chi connectivity index (χ2n) is 5.27. The molecule has 1 heterocycles. The van der Waals surface area contributed by atoms with Gasteiger partial charge in [-0.05, 0) is 30.3 Å². The molecule has 1 amide bonds. The van der Waals surface area contributed by atoms with Gasteiger partial charge in [0.15, 0.2) is 5.13 Å². The molecule has 0 fully saturated rings. The fourth-order valence-electron chi connectivity index (χ4n) is 2.22. The number of benzene rings is 2. The Balaban J connectivity index is 1.89. The van der Waals surface area contributed by atoms with Gasteiger partial charge in [-0.3, -0.25) is 10.1 Å². The average Bonchev–Trinajstić information content (AvgIpc) is 3.02. The van der Waals surface area contributed by atoms with Crippen LogP contribution < -0.4 is 5.32 Å². The van der Waals surface area contributed by atoms with E-state index in [1.807, 2.05) is 0 Å². The number of thiazole rings is 1. The Labute approximate surface area is 158 Å². The number of nitrogens with one attached hydrogen (secondary N) is 1. The highest BCUT2D eigenvalue weighted by Gasteiger charge is 2.31. The van der Waals surface area contributed by atoms with E-state index in [0.29, 0.717) is 0 Å². The number of aromatic nitrogens is 1. The van der Waals surface area contributed by atoms with Crippen LogP contribution in [0.4, 0.5) is 27.1 Å². The van der Waals surface area contributed by atoms with Crippen molar-refractivity contribution in [1.82, 2.24) is 4.98 Å². The van der Waals surface area contributed by atoms with E-state index in [2.05, 4.69) is 10.3 Å². The van der Waals surface area contributed by atoms with Crippen molar-refractivity contribution in [2.75, 3.05) is 5.32 Å². The van der Waals surface area contributed by atoms with Gasteiger partial charge in [0.05, 0.1) is 10.4 Å². The Morgan fingerprint density at radius 1 is 1.11 bits per heavy atom. The maximum Gasteiger partial charge on any atom is 0.416 e. The molecule has 0 saturated carbocycles. The second kappa shape index (κ2) is 7.24. The molecular formula is C17H8ClF5N2OS. The summed E-state index contributed by atoms with van der Waals surface area (Å²) < 4.78 is 65.9. The molecule has 0 aliphatic carbocycles. The summed E-state index contributed by atoms with van der Waals surface area (Å²) >= 11 is 6.77. The minimum absolute atomic E-state index is 0.0499. The summed E-state index contributed by atoms with van der Waals surface area (Å²) in [5, 5.41) is 2.23. The second-order valence-corrected chi connectivity index (χ2v) is 6.71. The topological polar surface area (TPSA) is 42.0 Å². The number of alkyl halides is 3. The Kier molecular flexibility index (Phi) is 5.16. The van der Waals surface area contributed by atoms with Crippen LogP contribution in [0.2, 0.25) is 5.02 Å². The number of carbonyl (C=O) groups excluding carboxylic acids is 1. The maximum atomic E-state index is 13.6. The zero-order valence-corrected chi connectivity index (χ0v) is 14.6. The number of halogens is 6. The molecule has 0 aliphatic heterocycles. The number of hydrogen-bond acceptors (Lipinski definition) is 3. The van der Waals surface area contributed by atoms with E-state index < -0.39 is 34.8 Å². The number of carbonyl (C=O) groups is 1. The van der Waals surface area contributed by atoms with Crippen LogP contribution in [-0.4, -0.2) is 10.9 Å². The first-order valence-electron chi connectivity index (χ1n) is 7.25. The molecule has 1 aromatic heterocycles. The third kappa shape index (κ3) is 4.09. The lowest BCUT2D eigenvalue weighted by molar-refractivity contribution is -0.137. The molecule has 1 N–H and O–H groups in total. The SMILES string of the molecule is O=C(Nc1ncc(-c2cc(C(F)(F)F)ccc2Cl)s1)c1c(F)cccc1F. The Morgan fingerprint density at radius 3 is 2.41 bits per heavy atom. The van der Waals surface area contributed by atoms with Crippen LogP contribution in [0.5, 0.6) is 0 Å². The minimum atomic E-state index is -4.55. The lowest BCUT2D eigenvalue weighted by Gasteiger charge is -2.09. The van der Waals surface area contributed by atoms with E-state index >= 15 is 0 Å². The minimum Gasteiger partial charge on any atom is -0.298 e. The summed E-state index contributed by atoms with van der Waals surface area (Å²) in [7, 11) is 0. The Bertz CT molecular complexity index is 999. The van der Waals surface area contributed by atoms with Gasteiger partial charge in [0.25, 0.3) is 5.91 Å². The van der Waals surface area contributed by atoms with Gasteiger partial charge in [-0.25, -0.2) is 13.8 Å².